The standard InChI is InChI=1S/2C13H9.C4H11Si.2ClH.Ti/c2*1-3-7-12-10(5-1)9-11-6-2-4-8-13(11)12;1-3-5-4-2;;;/h2*1-5,7-8H,9H2;5H,3-4H2,1-2H3;2*1H;/q2*-1;;;;+4/p-2. The number of hydrogen-bond donors (Lipinski definition) is 0. The molecule has 2 aliphatic rings. The van der Waals surface area contributed by atoms with Crippen molar-refractivity contribution in [1.82, 2.24) is 0 Å². The molecule has 4 aromatic carbocycles. The van der Waals surface area contributed by atoms with Gasteiger partial charge in [-0.25, -0.2) is 0 Å². The van der Waals surface area contributed by atoms with Gasteiger partial charge in [-0.3, -0.25) is 0 Å². The molecular formula is C30H29Cl2SiTi. The Balaban J connectivity index is 0.000000266. The summed E-state index contributed by atoms with van der Waals surface area (Å²) in [5.41, 5.74) is 11.0. The van der Waals surface area contributed by atoms with E-state index in [1.165, 1.54) is 56.6 Å². The summed E-state index contributed by atoms with van der Waals surface area (Å²) in [6.45, 7) is 4.50. The van der Waals surface area contributed by atoms with E-state index in [0.29, 0.717) is 0 Å². The molecule has 0 unspecified atom stereocenters. The van der Waals surface area contributed by atoms with Gasteiger partial charge in [0.05, 0.1) is 0 Å². The average Bonchev–Trinajstić information content (AvgIpc) is 3.39. The fourth-order valence-electron chi connectivity index (χ4n) is 4.28. The Morgan fingerprint density at radius 1 is 0.588 bits per heavy atom. The molecule has 0 nitrogen and oxygen atoms in total. The molecule has 4 heteroatoms. The summed E-state index contributed by atoms with van der Waals surface area (Å²) >= 11 is 0. The molecule has 0 N–H and O–H groups in total. The van der Waals surface area contributed by atoms with Crippen LogP contribution in [-0.2, 0) is 34.6 Å². The maximum Gasteiger partial charge on any atom is 4.00 e. The number of fused-ring (bicyclic) bond motifs is 6. The third-order valence-corrected chi connectivity index (χ3v) is 6.97. The van der Waals surface area contributed by atoms with Gasteiger partial charge in [-0.15, -0.1) is 11.1 Å². The van der Waals surface area contributed by atoms with Crippen molar-refractivity contribution in [1.29, 1.82) is 0 Å². The van der Waals surface area contributed by atoms with Crippen molar-refractivity contribution in [2.75, 3.05) is 0 Å². The molecule has 0 aliphatic heterocycles. The van der Waals surface area contributed by atoms with Crippen molar-refractivity contribution in [3.8, 4) is 22.3 Å². The van der Waals surface area contributed by atoms with Crippen molar-refractivity contribution < 1.29 is 46.5 Å². The minimum absolute atomic E-state index is 0. The topological polar surface area (TPSA) is 0 Å². The molecule has 4 aromatic rings. The molecular weight excluding hydrogens is 507 g/mol. The zero-order valence-electron chi connectivity index (χ0n) is 19.7. The van der Waals surface area contributed by atoms with Crippen LogP contribution in [0.25, 0.3) is 22.3 Å². The minimum atomic E-state index is 0. The molecule has 0 atom stereocenters. The fraction of sp³-hybridized carbons (Fsp3) is 0.200. The minimum Gasteiger partial charge on any atom is -1.00 e. The third kappa shape index (κ3) is 7.20. The van der Waals surface area contributed by atoms with Gasteiger partial charge in [-0.2, -0.15) is 59.7 Å². The Bertz CT molecular complexity index is 982. The second kappa shape index (κ2) is 15.4. The number of rotatable bonds is 2. The third-order valence-electron chi connectivity index (χ3n) is 5.81. The van der Waals surface area contributed by atoms with Gasteiger partial charge < -0.3 is 24.8 Å². The van der Waals surface area contributed by atoms with Crippen molar-refractivity contribution >= 4 is 9.52 Å². The van der Waals surface area contributed by atoms with Gasteiger partial charge in [-0.05, 0) is 12.8 Å². The monoisotopic (exact) mass is 535 g/mol. The maximum absolute atomic E-state index is 3.30. The van der Waals surface area contributed by atoms with Crippen molar-refractivity contribution in [3.05, 3.63) is 119 Å². The van der Waals surface area contributed by atoms with Crippen LogP contribution in [0.15, 0.2) is 84.9 Å². The van der Waals surface area contributed by atoms with E-state index in [4.69, 9.17) is 0 Å². The van der Waals surface area contributed by atoms with Crippen LogP contribution in [0.5, 0.6) is 0 Å². The van der Waals surface area contributed by atoms with Crippen molar-refractivity contribution in [2.24, 2.45) is 0 Å². The number of hydrogen-bond acceptors (Lipinski definition) is 0. The van der Waals surface area contributed by atoms with Gasteiger partial charge in [0.15, 0.2) is 0 Å². The van der Waals surface area contributed by atoms with E-state index >= 15 is 0 Å². The summed E-state index contributed by atoms with van der Waals surface area (Å²) in [4.78, 5) is 0. The maximum atomic E-state index is 3.30. The Morgan fingerprint density at radius 2 is 0.971 bits per heavy atom. The van der Waals surface area contributed by atoms with E-state index in [2.05, 4.69) is 98.8 Å². The van der Waals surface area contributed by atoms with Crippen LogP contribution in [-0.4, -0.2) is 9.52 Å². The molecule has 0 spiro atoms. The molecule has 0 saturated carbocycles. The predicted octanol–water partition coefficient (Wildman–Crippen LogP) is 1.42. The van der Waals surface area contributed by atoms with E-state index in [0.717, 1.165) is 22.4 Å². The van der Waals surface area contributed by atoms with E-state index in [-0.39, 0.29) is 46.5 Å². The Hall–Kier alpha value is -1.61. The summed E-state index contributed by atoms with van der Waals surface area (Å²) in [7, 11) is 0.815. The normalized spacial score (nSPS) is 10.6. The SMILES string of the molecule is CC[SiH]CC.[Cl-].[Cl-].[Ti+4].[c-]1cccc2c1Cc1ccccc1-2.[c-]1cccc2c1Cc1ccccc1-2. The van der Waals surface area contributed by atoms with Gasteiger partial charge >= 0.3 is 21.7 Å². The van der Waals surface area contributed by atoms with Crippen LogP contribution >= 0.6 is 0 Å². The summed E-state index contributed by atoms with van der Waals surface area (Å²) < 4.78 is 0. The zero-order chi connectivity index (χ0) is 21.5. The molecule has 0 heterocycles. The Kier molecular flexibility index (Phi) is 13.8. The van der Waals surface area contributed by atoms with Crippen LogP contribution in [0.2, 0.25) is 12.1 Å². The molecule has 171 valence electrons. The van der Waals surface area contributed by atoms with Crippen LogP contribution in [0, 0.1) is 12.1 Å². The average molecular weight is 536 g/mol. The van der Waals surface area contributed by atoms with Gasteiger partial charge in [0, 0.05) is 9.52 Å². The zero-order valence-corrected chi connectivity index (χ0v) is 24.0. The summed E-state index contributed by atoms with van der Waals surface area (Å²) in [6, 6.07) is 39.1. The second-order valence-corrected chi connectivity index (χ2v) is 10.1. The molecule has 1 radical (unpaired) electrons. The molecule has 6 rings (SSSR count). The first-order valence-corrected chi connectivity index (χ1v) is 12.9. The molecule has 0 saturated heterocycles. The first-order chi connectivity index (χ1) is 15.3. The predicted molar refractivity (Wildman–Crippen MR) is 135 cm³/mol. The Morgan fingerprint density at radius 3 is 1.35 bits per heavy atom. The molecule has 0 aromatic heterocycles. The fourth-order valence-corrected chi connectivity index (χ4v) is 4.86. The first-order valence-electron chi connectivity index (χ1n) is 11.3. The Labute approximate surface area is 235 Å². The quantitative estimate of drug-likeness (QED) is 0.232. The molecule has 0 amide bonds. The van der Waals surface area contributed by atoms with E-state index in [1.807, 2.05) is 12.1 Å². The molecule has 0 fully saturated rings. The van der Waals surface area contributed by atoms with Crippen LogP contribution < -0.4 is 24.8 Å². The van der Waals surface area contributed by atoms with E-state index in [9.17, 15) is 0 Å². The van der Waals surface area contributed by atoms with Gasteiger partial charge in [0.25, 0.3) is 0 Å². The van der Waals surface area contributed by atoms with Crippen LogP contribution in [0.1, 0.15) is 36.1 Å². The van der Waals surface area contributed by atoms with E-state index in [1.54, 1.807) is 0 Å². The summed E-state index contributed by atoms with van der Waals surface area (Å²) in [6.07, 6.45) is 2.10. The summed E-state index contributed by atoms with van der Waals surface area (Å²) in [5, 5.41) is 0. The van der Waals surface area contributed by atoms with Crippen LogP contribution in [0.3, 0.4) is 0 Å². The smallest absolute Gasteiger partial charge is 1.00 e. The van der Waals surface area contributed by atoms with Gasteiger partial charge in [0.2, 0.25) is 0 Å². The van der Waals surface area contributed by atoms with Crippen LogP contribution in [0.4, 0.5) is 0 Å². The largest absolute Gasteiger partial charge is 4.00 e. The molecule has 2 aliphatic carbocycles. The molecule has 34 heavy (non-hydrogen) atoms. The van der Waals surface area contributed by atoms with Crippen molar-refractivity contribution in [3.63, 3.8) is 0 Å². The molecule has 0 bridgehead atoms. The first kappa shape index (κ1) is 30.4. The summed E-state index contributed by atoms with van der Waals surface area (Å²) in [5.74, 6) is 0. The van der Waals surface area contributed by atoms with E-state index < -0.39 is 0 Å². The second-order valence-electron chi connectivity index (χ2n) is 7.90. The van der Waals surface area contributed by atoms with Crippen molar-refractivity contribution in [2.45, 2.75) is 38.8 Å². The number of benzene rings is 4. The number of halogens is 2. The van der Waals surface area contributed by atoms with Gasteiger partial charge in [0.1, 0.15) is 0 Å². The van der Waals surface area contributed by atoms with Gasteiger partial charge in [-0.1, -0.05) is 96.7 Å².